The van der Waals surface area contributed by atoms with E-state index in [1.54, 1.807) is 12.1 Å². The molecular formula is C14H20N2O3S. The second-order valence-electron chi connectivity index (χ2n) is 4.83. The summed E-state index contributed by atoms with van der Waals surface area (Å²) in [5.74, 6) is 0.817. The van der Waals surface area contributed by atoms with Crippen molar-refractivity contribution in [3.63, 3.8) is 0 Å². The van der Waals surface area contributed by atoms with Gasteiger partial charge < -0.3 is 4.74 Å². The van der Waals surface area contributed by atoms with Gasteiger partial charge in [0.2, 0.25) is 10.0 Å². The average Bonchev–Trinajstić information content (AvgIpc) is 2.34. The Morgan fingerprint density at radius 1 is 1.20 bits per heavy atom. The van der Waals surface area contributed by atoms with E-state index >= 15 is 0 Å². The first-order chi connectivity index (χ1) is 9.33. The second kappa shape index (κ2) is 7.27. The fourth-order valence-corrected chi connectivity index (χ4v) is 2.61. The van der Waals surface area contributed by atoms with E-state index in [0.29, 0.717) is 18.6 Å². The molecule has 0 aliphatic heterocycles. The molecule has 0 radical (unpaired) electrons. The van der Waals surface area contributed by atoms with Crippen molar-refractivity contribution in [1.29, 1.82) is 5.26 Å². The van der Waals surface area contributed by atoms with Crippen molar-refractivity contribution in [3.05, 3.63) is 28.8 Å². The molecular weight excluding hydrogens is 276 g/mol. The number of aryl methyl sites for hydroxylation is 2. The molecule has 110 valence electrons. The summed E-state index contributed by atoms with van der Waals surface area (Å²) >= 11 is 0. The van der Waals surface area contributed by atoms with Gasteiger partial charge >= 0.3 is 0 Å². The molecule has 6 heteroatoms. The van der Waals surface area contributed by atoms with E-state index in [1.807, 2.05) is 13.8 Å². The minimum atomic E-state index is -3.36. The number of hydrogen-bond donors (Lipinski definition) is 1. The highest BCUT2D eigenvalue weighted by molar-refractivity contribution is 7.89. The van der Waals surface area contributed by atoms with E-state index < -0.39 is 10.0 Å². The van der Waals surface area contributed by atoms with Gasteiger partial charge in [0.25, 0.3) is 0 Å². The molecule has 0 saturated heterocycles. The van der Waals surface area contributed by atoms with Gasteiger partial charge in [-0.25, -0.2) is 13.6 Å². The maximum atomic E-state index is 10.8. The molecule has 0 spiro atoms. The summed E-state index contributed by atoms with van der Waals surface area (Å²) in [6.07, 6.45) is 2.08. The fraction of sp³-hybridized carbons (Fsp3) is 0.500. The smallest absolute Gasteiger partial charge is 0.209 e. The summed E-state index contributed by atoms with van der Waals surface area (Å²) in [5, 5.41) is 13.8. The third-order valence-electron chi connectivity index (χ3n) is 2.91. The number of nitrogens with zero attached hydrogens (tertiary/aromatic N) is 1. The Hall–Kier alpha value is -1.58. The summed E-state index contributed by atoms with van der Waals surface area (Å²) in [4.78, 5) is 0. The van der Waals surface area contributed by atoms with E-state index in [9.17, 15) is 8.42 Å². The zero-order valence-corrected chi connectivity index (χ0v) is 12.7. The number of unbranched alkanes of at least 4 members (excludes halogenated alkanes) is 2. The Labute approximate surface area is 120 Å². The Morgan fingerprint density at radius 2 is 1.80 bits per heavy atom. The van der Waals surface area contributed by atoms with Crippen molar-refractivity contribution in [3.8, 4) is 11.8 Å². The highest BCUT2D eigenvalue weighted by Gasteiger charge is 2.06. The third kappa shape index (κ3) is 5.59. The molecule has 1 aromatic carbocycles. The normalized spacial score (nSPS) is 11.1. The molecule has 1 rings (SSSR count). The van der Waals surface area contributed by atoms with Crippen molar-refractivity contribution in [1.82, 2.24) is 0 Å². The van der Waals surface area contributed by atoms with Gasteiger partial charge in [-0.3, -0.25) is 0 Å². The molecule has 0 aliphatic carbocycles. The van der Waals surface area contributed by atoms with Crippen molar-refractivity contribution in [2.45, 2.75) is 33.1 Å². The van der Waals surface area contributed by atoms with Crippen LogP contribution in [0.4, 0.5) is 0 Å². The number of hydrogen-bond acceptors (Lipinski definition) is 4. The van der Waals surface area contributed by atoms with E-state index in [0.717, 1.165) is 29.7 Å². The summed E-state index contributed by atoms with van der Waals surface area (Å²) < 4.78 is 27.2. The highest BCUT2D eigenvalue weighted by Crippen LogP contribution is 2.24. The molecule has 2 N–H and O–H groups in total. The molecule has 0 aromatic heterocycles. The molecule has 1 aromatic rings. The van der Waals surface area contributed by atoms with Gasteiger partial charge in [-0.05, 0) is 56.4 Å². The SMILES string of the molecule is Cc1cc(C#N)cc(C)c1OCCCCCS(N)(=O)=O. The summed E-state index contributed by atoms with van der Waals surface area (Å²) in [6, 6.07) is 5.70. The predicted octanol–water partition coefficient (Wildman–Crippen LogP) is 2.01. The van der Waals surface area contributed by atoms with Gasteiger partial charge in [0, 0.05) is 0 Å². The van der Waals surface area contributed by atoms with Gasteiger partial charge in [-0.2, -0.15) is 5.26 Å². The van der Waals surface area contributed by atoms with Crippen LogP contribution in [0.5, 0.6) is 5.75 Å². The number of rotatable bonds is 7. The zero-order valence-electron chi connectivity index (χ0n) is 11.8. The Bertz CT molecular complexity index is 580. The van der Waals surface area contributed by atoms with Crippen LogP contribution in [-0.4, -0.2) is 20.8 Å². The largest absolute Gasteiger partial charge is 0.493 e. The Balaban J connectivity index is 2.42. The molecule has 0 amide bonds. The minimum Gasteiger partial charge on any atom is -0.493 e. The first kappa shape index (κ1) is 16.5. The average molecular weight is 296 g/mol. The van der Waals surface area contributed by atoms with E-state index in [-0.39, 0.29) is 5.75 Å². The standard InChI is InChI=1S/C14H20N2O3S/c1-11-8-13(10-15)9-12(2)14(11)19-6-4-3-5-7-20(16,17)18/h8-9H,3-7H2,1-2H3,(H2,16,17,18). The summed E-state index contributed by atoms with van der Waals surface area (Å²) in [7, 11) is -3.36. The summed E-state index contributed by atoms with van der Waals surface area (Å²) in [5.41, 5.74) is 2.50. The third-order valence-corrected chi connectivity index (χ3v) is 3.77. The monoisotopic (exact) mass is 296 g/mol. The number of benzene rings is 1. The number of nitrogens with two attached hydrogens (primary N) is 1. The van der Waals surface area contributed by atoms with Crippen LogP contribution in [0.3, 0.4) is 0 Å². The van der Waals surface area contributed by atoms with Gasteiger partial charge in [-0.1, -0.05) is 0 Å². The van der Waals surface area contributed by atoms with Gasteiger partial charge in [-0.15, -0.1) is 0 Å². The second-order valence-corrected chi connectivity index (χ2v) is 6.56. The van der Waals surface area contributed by atoms with Crippen molar-refractivity contribution >= 4 is 10.0 Å². The highest BCUT2D eigenvalue weighted by atomic mass is 32.2. The summed E-state index contributed by atoms with van der Waals surface area (Å²) in [6.45, 7) is 4.34. The van der Waals surface area contributed by atoms with E-state index in [2.05, 4.69) is 6.07 Å². The lowest BCUT2D eigenvalue weighted by Crippen LogP contribution is -2.16. The first-order valence-corrected chi connectivity index (χ1v) is 8.19. The molecule has 5 nitrogen and oxygen atoms in total. The quantitative estimate of drug-likeness (QED) is 0.779. The van der Waals surface area contributed by atoms with E-state index in [1.165, 1.54) is 0 Å². The van der Waals surface area contributed by atoms with Crippen LogP contribution in [0.15, 0.2) is 12.1 Å². The number of ether oxygens (including phenoxy) is 1. The molecule has 0 bridgehead atoms. The fourth-order valence-electron chi connectivity index (χ4n) is 2.00. The molecule has 20 heavy (non-hydrogen) atoms. The topological polar surface area (TPSA) is 93.2 Å². The lowest BCUT2D eigenvalue weighted by Gasteiger charge is -2.12. The van der Waals surface area contributed by atoms with Crippen LogP contribution in [0.2, 0.25) is 0 Å². The van der Waals surface area contributed by atoms with Crippen molar-refractivity contribution in [2.75, 3.05) is 12.4 Å². The maximum absolute atomic E-state index is 10.8. The molecule has 0 unspecified atom stereocenters. The van der Waals surface area contributed by atoms with Gasteiger partial charge in [0.1, 0.15) is 5.75 Å². The van der Waals surface area contributed by atoms with Gasteiger partial charge in [0.15, 0.2) is 0 Å². The van der Waals surface area contributed by atoms with Crippen LogP contribution in [0.1, 0.15) is 36.0 Å². The van der Waals surface area contributed by atoms with Crippen LogP contribution in [0.25, 0.3) is 0 Å². The van der Waals surface area contributed by atoms with Crippen LogP contribution < -0.4 is 9.88 Å². The molecule has 0 fully saturated rings. The zero-order chi connectivity index (χ0) is 15.2. The number of primary sulfonamides is 1. The maximum Gasteiger partial charge on any atom is 0.209 e. The molecule has 0 atom stereocenters. The first-order valence-electron chi connectivity index (χ1n) is 6.48. The molecule has 0 aliphatic rings. The lowest BCUT2D eigenvalue weighted by atomic mass is 10.1. The van der Waals surface area contributed by atoms with Crippen molar-refractivity contribution in [2.24, 2.45) is 5.14 Å². The molecule has 0 heterocycles. The van der Waals surface area contributed by atoms with Crippen LogP contribution in [0, 0.1) is 25.2 Å². The Kier molecular flexibility index (Phi) is 5.99. The number of nitriles is 1. The van der Waals surface area contributed by atoms with Crippen LogP contribution in [-0.2, 0) is 10.0 Å². The molecule has 0 saturated carbocycles. The van der Waals surface area contributed by atoms with Crippen molar-refractivity contribution < 1.29 is 13.2 Å². The predicted molar refractivity (Wildman–Crippen MR) is 78.0 cm³/mol. The van der Waals surface area contributed by atoms with Gasteiger partial charge in [0.05, 0.1) is 24.0 Å². The lowest BCUT2D eigenvalue weighted by molar-refractivity contribution is 0.302. The minimum absolute atomic E-state index is 0.0158. The van der Waals surface area contributed by atoms with Crippen LogP contribution >= 0.6 is 0 Å². The Morgan fingerprint density at radius 3 is 2.30 bits per heavy atom. The number of sulfonamides is 1. The van der Waals surface area contributed by atoms with E-state index in [4.69, 9.17) is 15.1 Å².